The van der Waals surface area contributed by atoms with Crippen molar-refractivity contribution in [2.75, 3.05) is 14.2 Å². The van der Waals surface area contributed by atoms with E-state index < -0.39 is 11.9 Å². The SMILES string of the molecule is CNC(c1cccc(C)c1F)c1cccc(OC)c1F. The fraction of sp³-hybridized carbons (Fsp3) is 0.250. The molecule has 106 valence electrons. The van der Waals surface area contributed by atoms with E-state index in [-0.39, 0.29) is 11.6 Å². The van der Waals surface area contributed by atoms with Crippen molar-refractivity contribution in [3.63, 3.8) is 0 Å². The molecule has 0 spiro atoms. The summed E-state index contributed by atoms with van der Waals surface area (Å²) in [6.45, 7) is 1.69. The van der Waals surface area contributed by atoms with Gasteiger partial charge < -0.3 is 10.1 Å². The fourth-order valence-electron chi connectivity index (χ4n) is 2.28. The van der Waals surface area contributed by atoms with Crippen LogP contribution < -0.4 is 10.1 Å². The van der Waals surface area contributed by atoms with Gasteiger partial charge in [-0.2, -0.15) is 0 Å². The fourth-order valence-corrected chi connectivity index (χ4v) is 2.28. The molecule has 1 unspecified atom stereocenters. The molecule has 0 fully saturated rings. The van der Waals surface area contributed by atoms with Gasteiger partial charge in [-0.05, 0) is 25.6 Å². The molecule has 1 N–H and O–H groups in total. The van der Waals surface area contributed by atoms with Gasteiger partial charge in [0.25, 0.3) is 0 Å². The first kappa shape index (κ1) is 14.5. The highest BCUT2D eigenvalue weighted by atomic mass is 19.1. The number of ether oxygens (including phenoxy) is 1. The Balaban J connectivity index is 2.56. The van der Waals surface area contributed by atoms with Gasteiger partial charge in [-0.15, -0.1) is 0 Å². The Kier molecular flexibility index (Phi) is 4.35. The summed E-state index contributed by atoms with van der Waals surface area (Å²) in [6, 6.07) is 9.39. The topological polar surface area (TPSA) is 21.3 Å². The molecule has 2 aromatic carbocycles. The summed E-state index contributed by atoms with van der Waals surface area (Å²) in [7, 11) is 3.08. The number of aryl methyl sites for hydroxylation is 1. The van der Waals surface area contributed by atoms with E-state index in [0.717, 1.165) is 0 Å². The van der Waals surface area contributed by atoms with E-state index in [4.69, 9.17) is 4.74 Å². The van der Waals surface area contributed by atoms with Crippen LogP contribution in [-0.4, -0.2) is 14.2 Å². The highest BCUT2D eigenvalue weighted by Crippen LogP contribution is 2.31. The van der Waals surface area contributed by atoms with E-state index in [9.17, 15) is 8.78 Å². The average molecular weight is 277 g/mol. The lowest BCUT2D eigenvalue weighted by Gasteiger charge is -2.20. The predicted molar refractivity (Wildman–Crippen MR) is 75.0 cm³/mol. The second-order valence-electron chi connectivity index (χ2n) is 4.56. The molecule has 20 heavy (non-hydrogen) atoms. The largest absolute Gasteiger partial charge is 0.494 e. The number of nitrogens with one attached hydrogen (secondary N) is 1. The molecule has 2 rings (SSSR count). The monoisotopic (exact) mass is 277 g/mol. The van der Waals surface area contributed by atoms with Crippen LogP contribution in [0, 0.1) is 18.6 Å². The number of halogens is 2. The molecule has 0 aliphatic rings. The number of hydrogen-bond acceptors (Lipinski definition) is 2. The van der Waals surface area contributed by atoms with Crippen LogP contribution in [0.5, 0.6) is 5.75 Å². The number of hydrogen-bond donors (Lipinski definition) is 1. The molecular formula is C16H17F2NO. The summed E-state index contributed by atoms with van der Waals surface area (Å²) >= 11 is 0. The summed E-state index contributed by atoms with van der Waals surface area (Å²) in [6.07, 6.45) is 0. The van der Waals surface area contributed by atoms with Crippen LogP contribution in [0.3, 0.4) is 0 Å². The van der Waals surface area contributed by atoms with Crippen molar-refractivity contribution in [2.45, 2.75) is 13.0 Å². The molecule has 0 saturated heterocycles. The maximum atomic E-state index is 14.3. The predicted octanol–water partition coefficient (Wildman–Crippen LogP) is 3.59. The number of benzene rings is 2. The summed E-state index contributed by atoms with van der Waals surface area (Å²) < 4.78 is 33.6. The molecule has 2 nitrogen and oxygen atoms in total. The van der Waals surface area contributed by atoms with E-state index in [1.165, 1.54) is 13.2 Å². The molecule has 1 atom stereocenters. The van der Waals surface area contributed by atoms with Gasteiger partial charge in [0.05, 0.1) is 13.2 Å². The average Bonchev–Trinajstić information content (AvgIpc) is 2.46. The van der Waals surface area contributed by atoms with E-state index in [1.54, 1.807) is 44.3 Å². The third-order valence-corrected chi connectivity index (χ3v) is 3.35. The number of methoxy groups -OCH3 is 1. The van der Waals surface area contributed by atoms with Crippen LogP contribution in [-0.2, 0) is 0 Å². The Morgan fingerprint density at radius 2 is 1.60 bits per heavy atom. The van der Waals surface area contributed by atoms with E-state index in [2.05, 4.69) is 5.32 Å². The van der Waals surface area contributed by atoms with Crippen LogP contribution in [0.25, 0.3) is 0 Å². The number of rotatable bonds is 4. The molecule has 0 saturated carbocycles. The molecule has 0 aliphatic heterocycles. The van der Waals surface area contributed by atoms with E-state index >= 15 is 0 Å². The molecule has 0 aromatic heterocycles. The van der Waals surface area contributed by atoms with Crippen molar-refractivity contribution < 1.29 is 13.5 Å². The maximum absolute atomic E-state index is 14.3. The molecule has 0 radical (unpaired) electrons. The third-order valence-electron chi connectivity index (χ3n) is 3.35. The smallest absolute Gasteiger partial charge is 0.170 e. The van der Waals surface area contributed by atoms with Gasteiger partial charge in [0.1, 0.15) is 5.82 Å². The van der Waals surface area contributed by atoms with Gasteiger partial charge in [0.2, 0.25) is 0 Å². The van der Waals surface area contributed by atoms with Gasteiger partial charge in [-0.25, -0.2) is 8.78 Å². The molecular weight excluding hydrogens is 260 g/mol. The van der Waals surface area contributed by atoms with Gasteiger partial charge in [0, 0.05) is 11.1 Å². The van der Waals surface area contributed by atoms with Crippen LogP contribution in [0.2, 0.25) is 0 Å². The zero-order valence-corrected chi connectivity index (χ0v) is 11.7. The van der Waals surface area contributed by atoms with Gasteiger partial charge >= 0.3 is 0 Å². The minimum absolute atomic E-state index is 0.149. The minimum Gasteiger partial charge on any atom is -0.494 e. The molecule has 0 bridgehead atoms. The van der Waals surface area contributed by atoms with Crippen molar-refractivity contribution >= 4 is 0 Å². The first-order valence-electron chi connectivity index (χ1n) is 6.34. The van der Waals surface area contributed by atoms with Crippen molar-refractivity contribution in [2.24, 2.45) is 0 Å². The molecule has 0 amide bonds. The quantitative estimate of drug-likeness (QED) is 0.922. The second kappa shape index (κ2) is 6.01. The molecule has 0 heterocycles. The van der Waals surface area contributed by atoms with Gasteiger partial charge in [0.15, 0.2) is 11.6 Å². The normalized spacial score (nSPS) is 12.2. The molecule has 4 heteroatoms. The Hall–Kier alpha value is -1.94. The Morgan fingerprint density at radius 3 is 2.20 bits per heavy atom. The standard InChI is InChI=1S/C16H17F2NO/c1-10-6-4-7-11(14(10)17)16(19-2)12-8-5-9-13(20-3)15(12)18/h4-9,16,19H,1-3H3. The lowest BCUT2D eigenvalue weighted by atomic mass is 9.96. The zero-order chi connectivity index (χ0) is 14.7. The highest BCUT2D eigenvalue weighted by Gasteiger charge is 2.22. The van der Waals surface area contributed by atoms with Crippen molar-refractivity contribution in [3.8, 4) is 5.75 Å². The third kappa shape index (κ3) is 2.51. The highest BCUT2D eigenvalue weighted by molar-refractivity contribution is 5.40. The Morgan fingerprint density at radius 1 is 1.00 bits per heavy atom. The molecule has 0 aliphatic carbocycles. The van der Waals surface area contributed by atoms with Crippen LogP contribution in [0.1, 0.15) is 22.7 Å². The van der Waals surface area contributed by atoms with Crippen LogP contribution in [0.15, 0.2) is 36.4 Å². The van der Waals surface area contributed by atoms with Crippen molar-refractivity contribution in [3.05, 3.63) is 64.7 Å². The summed E-state index contributed by atoms with van der Waals surface area (Å²) in [5, 5.41) is 2.96. The summed E-state index contributed by atoms with van der Waals surface area (Å²) in [4.78, 5) is 0. The lowest BCUT2D eigenvalue weighted by Crippen LogP contribution is -2.20. The first-order chi connectivity index (χ1) is 9.60. The van der Waals surface area contributed by atoms with E-state index in [1.807, 2.05) is 0 Å². The van der Waals surface area contributed by atoms with Gasteiger partial charge in [-0.1, -0.05) is 30.3 Å². The van der Waals surface area contributed by atoms with Crippen molar-refractivity contribution in [1.29, 1.82) is 0 Å². The van der Waals surface area contributed by atoms with Crippen molar-refractivity contribution in [1.82, 2.24) is 5.32 Å². The van der Waals surface area contributed by atoms with E-state index in [0.29, 0.717) is 16.7 Å². The first-order valence-corrected chi connectivity index (χ1v) is 6.34. The maximum Gasteiger partial charge on any atom is 0.170 e. The Labute approximate surface area is 117 Å². The minimum atomic E-state index is -0.565. The summed E-state index contributed by atoms with van der Waals surface area (Å²) in [5.74, 6) is -0.653. The zero-order valence-electron chi connectivity index (χ0n) is 11.7. The second-order valence-corrected chi connectivity index (χ2v) is 4.56. The molecule has 2 aromatic rings. The lowest BCUT2D eigenvalue weighted by molar-refractivity contribution is 0.382. The van der Waals surface area contributed by atoms with Crippen LogP contribution >= 0.6 is 0 Å². The Bertz CT molecular complexity index is 613. The van der Waals surface area contributed by atoms with Gasteiger partial charge in [-0.3, -0.25) is 0 Å². The van der Waals surface area contributed by atoms with Crippen LogP contribution in [0.4, 0.5) is 8.78 Å². The summed E-state index contributed by atoms with van der Waals surface area (Å²) in [5.41, 5.74) is 1.31.